The second kappa shape index (κ2) is 11.4. The van der Waals surface area contributed by atoms with Crippen molar-refractivity contribution >= 4 is 28.5 Å². The van der Waals surface area contributed by atoms with Crippen molar-refractivity contribution in [3.05, 3.63) is 77.9 Å². The molecule has 2 aliphatic heterocycles. The molecule has 0 spiro atoms. The predicted molar refractivity (Wildman–Crippen MR) is 148 cm³/mol. The fraction of sp³-hybridized carbons (Fsp3) is 0.333. The van der Waals surface area contributed by atoms with E-state index in [1.54, 1.807) is 22.9 Å². The summed E-state index contributed by atoms with van der Waals surface area (Å²) in [5.74, 6) is 0.491. The van der Waals surface area contributed by atoms with Gasteiger partial charge in [0.2, 0.25) is 11.8 Å². The molecule has 40 heavy (non-hydrogen) atoms. The Balaban J connectivity index is 1.40. The first-order valence-corrected chi connectivity index (χ1v) is 13.5. The summed E-state index contributed by atoms with van der Waals surface area (Å²) in [6, 6.07) is 19.4. The zero-order chi connectivity index (χ0) is 27.5. The Kier molecular flexibility index (Phi) is 7.33. The van der Waals surface area contributed by atoms with Gasteiger partial charge in [-0.1, -0.05) is 47.2 Å². The number of anilines is 1. The van der Waals surface area contributed by atoms with Gasteiger partial charge in [-0.15, -0.1) is 5.10 Å². The van der Waals surface area contributed by atoms with E-state index >= 15 is 0 Å². The van der Waals surface area contributed by atoms with E-state index in [4.69, 9.17) is 14.2 Å². The van der Waals surface area contributed by atoms with Gasteiger partial charge in [-0.2, -0.15) is 0 Å². The van der Waals surface area contributed by atoms with Crippen LogP contribution in [-0.4, -0.2) is 59.3 Å². The summed E-state index contributed by atoms with van der Waals surface area (Å²) in [5.41, 5.74) is 3.66. The molecular weight excluding hydrogens is 510 g/mol. The summed E-state index contributed by atoms with van der Waals surface area (Å²) >= 11 is 0. The summed E-state index contributed by atoms with van der Waals surface area (Å²) in [6.07, 6.45) is 1.82. The lowest BCUT2D eigenvalue weighted by Crippen LogP contribution is -2.46. The first kappa shape index (κ1) is 25.8. The van der Waals surface area contributed by atoms with E-state index < -0.39 is 6.04 Å². The van der Waals surface area contributed by atoms with Crippen LogP contribution in [0.4, 0.5) is 5.69 Å². The number of aryl methyl sites for hydroxylation is 1. The average molecular weight is 542 g/mol. The molecule has 2 amide bonds. The predicted octanol–water partition coefficient (Wildman–Crippen LogP) is 3.58. The van der Waals surface area contributed by atoms with Crippen molar-refractivity contribution in [3.63, 3.8) is 0 Å². The minimum atomic E-state index is -0.952. The standard InChI is InChI=1S/C30H31N5O5/c1-20-8-10-21(11-9-20)29(30(37)31-18-23-5-4-14-38-23)35(22-12-13-26-27(17-22)40-16-15-39-26)28(36)19-34-25-7-3-2-6-24(25)32-33-34/h2-3,6-13,17,23,29H,4-5,14-16,18-19H2,1H3,(H,31,37)/t23-,29+/m0/s1. The molecule has 1 fully saturated rings. The molecule has 2 aliphatic rings. The van der Waals surface area contributed by atoms with Crippen molar-refractivity contribution in [1.29, 1.82) is 0 Å². The van der Waals surface area contributed by atoms with E-state index in [9.17, 15) is 9.59 Å². The minimum Gasteiger partial charge on any atom is -0.486 e. The van der Waals surface area contributed by atoms with Crippen LogP contribution in [-0.2, 0) is 20.9 Å². The number of para-hydroxylation sites is 1. The molecule has 0 aliphatic carbocycles. The van der Waals surface area contributed by atoms with Crippen molar-refractivity contribution < 1.29 is 23.8 Å². The molecular formula is C30H31N5O5. The lowest BCUT2D eigenvalue weighted by molar-refractivity contribution is -0.127. The second-order valence-corrected chi connectivity index (χ2v) is 10.0. The lowest BCUT2D eigenvalue weighted by Gasteiger charge is -2.32. The zero-order valence-corrected chi connectivity index (χ0v) is 22.3. The van der Waals surface area contributed by atoms with Gasteiger partial charge in [-0.25, -0.2) is 4.68 Å². The highest BCUT2D eigenvalue weighted by atomic mass is 16.6. The topological polar surface area (TPSA) is 108 Å². The van der Waals surface area contributed by atoms with Crippen LogP contribution in [0.2, 0.25) is 0 Å². The van der Waals surface area contributed by atoms with Crippen molar-refractivity contribution in [2.75, 3.05) is 31.3 Å². The highest BCUT2D eigenvalue weighted by Gasteiger charge is 2.34. The number of carbonyl (C=O) groups is 2. The number of nitrogens with one attached hydrogen (secondary N) is 1. The van der Waals surface area contributed by atoms with E-state index in [0.29, 0.717) is 54.6 Å². The van der Waals surface area contributed by atoms with Crippen molar-refractivity contribution in [3.8, 4) is 11.5 Å². The first-order valence-electron chi connectivity index (χ1n) is 13.5. The number of hydrogen-bond acceptors (Lipinski definition) is 7. The van der Waals surface area contributed by atoms with Crippen LogP contribution in [0.25, 0.3) is 11.0 Å². The zero-order valence-electron chi connectivity index (χ0n) is 22.3. The van der Waals surface area contributed by atoms with Crippen LogP contribution >= 0.6 is 0 Å². The number of hydrogen-bond donors (Lipinski definition) is 1. The van der Waals surface area contributed by atoms with E-state index in [1.807, 2.05) is 55.5 Å². The number of ether oxygens (including phenoxy) is 3. The third kappa shape index (κ3) is 5.35. The van der Waals surface area contributed by atoms with Crippen LogP contribution in [0.1, 0.15) is 30.0 Å². The highest BCUT2D eigenvalue weighted by molar-refractivity contribution is 6.01. The fourth-order valence-corrected chi connectivity index (χ4v) is 5.14. The number of nitrogens with zero attached hydrogens (tertiary/aromatic N) is 4. The molecule has 3 heterocycles. The van der Waals surface area contributed by atoms with Gasteiger partial charge in [0.15, 0.2) is 11.5 Å². The second-order valence-electron chi connectivity index (χ2n) is 10.0. The average Bonchev–Trinajstić information content (AvgIpc) is 3.65. The molecule has 1 aromatic heterocycles. The lowest BCUT2D eigenvalue weighted by atomic mass is 10.0. The molecule has 0 bridgehead atoms. The molecule has 10 nitrogen and oxygen atoms in total. The monoisotopic (exact) mass is 541 g/mol. The van der Waals surface area contributed by atoms with Crippen molar-refractivity contribution in [2.24, 2.45) is 0 Å². The maximum atomic E-state index is 14.2. The Morgan fingerprint density at radius 3 is 2.62 bits per heavy atom. The molecule has 1 saturated heterocycles. The Bertz CT molecular complexity index is 1510. The number of amides is 2. The molecule has 0 radical (unpaired) electrons. The van der Waals surface area contributed by atoms with Gasteiger partial charge in [0.25, 0.3) is 0 Å². The molecule has 4 aromatic rings. The molecule has 0 unspecified atom stereocenters. The third-order valence-corrected chi connectivity index (χ3v) is 7.21. The quantitative estimate of drug-likeness (QED) is 0.363. The Labute approximate surface area is 231 Å². The largest absolute Gasteiger partial charge is 0.486 e. The molecule has 1 N–H and O–H groups in total. The number of rotatable bonds is 8. The summed E-state index contributed by atoms with van der Waals surface area (Å²) in [7, 11) is 0. The van der Waals surface area contributed by atoms with Gasteiger partial charge in [-0.3, -0.25) is 14.5 Å². The van der Waals surface area contributed by atoms with Crippen LogP contribution in [0.5, 0.6) is 11.5 Å². The number of aromatic nitrogens is 3. The number of fused-ring (bicyclic) bond motifs is 2. The van der Waals surface area contributed by atoms with Gasteiger partial charge < -0.3 is 19.5 Å². The van der Waals surface area contributed by atoms with Gasteiger partial charge in [0.05, 0.1) is 11.6 Å². The van der Waals surface area contributed by atoms with Gasteiger partial charge in [0, 0.05) is 24.9 Å². The van der Waals surface area contributed by atoms with E-state index in [-0.39, 0.29) is 24.5 Å². The normalized spacial score (nSPS) is 17.0. The molecule has 2 atom stereocenters. The van der Waals surface area contributed by atoms with Crippen LogP contribution in [0.3, 0.4) is 0 Å². The summed E-state index contributed by atoms with van der Waals surface area (Å²) < 4.78 is 18.8. The van der Waals surface area contributed by atoms with Crippen LogP contribution in [0, 0.1) is 6.92 Å². The third-order valence-electron chi connectivity index (χ3n) is 7.21. The number of benzene rings is 3. The van der Waals surface area contributed by atoms with Crippen molar-refractivity contribution in [2.45, 2.75) is 38.5 Å². The van der Waals surface area contributed by atoms with Crippen LogP contribution < -0.4 is 19.7 Å². The molecule has 10 heteroatoms. The maximum Gasteiger partial charge on any atom is 0.249 e. The maximum absolute atomic E-state index is 14.2. The number of carbonyl (C=O) groups excluding carboxylic acids is 2. The summed E-state index contributed by atoms with van der Waals surface area (Å²) in [4.78, 5) is 29.7. The van der Waals surface area contributed by atoms with Gasteiger partial charge in [0.1, 0.15) is 31.3 Å². The highest BCUT2D eigenvalue weighted by Crippen LogP contribution is 2.37. The molecule has 0 saturated carbocycles. The Hall–Kier alpha value is -4.44. The summed E-state index contributed by atoms with van der Waals surface area (Å²) in [6.45, 7) is 3.78. The van der Waals surface area contributed by atoms with E-state index in [0.717, 1.165) is 23.9 Å². The van der Waals surface area contributed by atoms with Crippen molar-refractivity contribution in [1.82, 2.24) is 20.3 Å². The molecule has 206 valence electrons. The van der Waals surface area contributed by atoms with E-state index in [2.05, 4.69) is 15.6 Å². The Morgan fingerprint density at radius 1 is 1.02 bits per heavy atom. The molecule has 6 rings (SSSR count). The van der Waals surface area contributed by atoms with Gasteiger partial charge in [-0.05, 0) is 49.6 Å². The Morgan fingerprint density at radius 2 is 1.82 bits per heavy atom. The molecule has 3 aromatic carbocycles. The van der Waals surface area contributed by atoms with Gasteiger partial charge >= 0.3 is 0 Å². The smallest absolute Gasteiger partial charge is 0.249 e. The fourth-order valence-electron chi connectivity index (χ4n) is 5.14. The summed E-state index contributed by atoms with van der Waals surface area (Å²) in [5, 5.41) is 11.5. The van der Waals surface area contributed by atoms with E-state index in [1.165, 1.54) is 4.90 Å². The SMILES string of the molecule is Cc1ccc([C@H](C(=O)NC[C@@H]2CCCO2)N(C(=O)Cn2nnc3ccccc32)c2ccc3c(c2)OCCO3)cc1. The first-order chi connectivity index (χ1) is 19.6. The minimum absolute atomic E-state index is 0.0393. The van der Waals surface area contributed by atoms with Crippen LogP contribution in [0.15, 0.2) is 66.7 Å².